The maximum Gasteiger partial charge on any atom is 0.257 e. The van der Waals surface area contributed by atoms with Crippen molar-refractivity contribution in [2.75, 3.05) is 32.8 Å². The highest BCUT2D eigenvalue weighted by molar-refractivity contribution is 5.95. The zero-order valence-electron chi connectivity index (χ0n) is 12.8. The summed E-state index contributed by atoms with van der Waals surface area (Å²) in [7, 11) is 0. The van der Waals surface area contributed by atoms with Crippen LogP contribution in [0.4, 0.5) is 0 Å². The Morgan fingerprint density at radius 3 is 2.85 bits per heavy atom. The second-order valence-corrected chi connectivity index (χ2v) is 4.59. The molecule has 0 aliphatic carbocycles. The van der Waals surface area contributed by atoms with Crippen LogP contribution in [-0.2, 0) is 11.3 Å². The van der Waals surface area contributed by atoms with Gasteiger partial charge in [0.1, 0.15) is 0 Å². The molecule has 0 spiro atoms. The van der Waals surface area contributed by atoms with Crippen molar-refractivity contribution in [3.05, 3.63) is 17.5 Å². The van der Waals surface area contributed by atoms with E-state index in [0.29, 0.717) is 38.4 Å². The topological polar surface area (TPSA) is 73.4 Å². The monoisotopic (exact) mass is 282 g/mol. The van der Waals surface area contributed by atoms with Crippen LogP contribution >= 0.6 is 0 Å². The minimum absolute atomic E-state index is 0.0173. The van der Waals surface area contributed by atoms with Crippen molar-refractivity contribution in [1.29, 1.82) is 0 Å². The van der Waals surface area contributed by atoms with Crippen molar-refractivity contribution in [3.8, 4) is 0 Å². The average Bonchev–Trinajstić information content (AvgIpc) is 2.82. The van der Waals surface area contributed by atoms with Crippen LogP contribution < -0.4 is 5.73 Å². The molecule has 20 heavy (non-hydrogen) atoms. The van der Waals surface area contributed by atoms with Gasteiger partial charge in [0.25, 0.3) is 5.91 Å². The first-order valence-electron chi connectivity index (χ1n) is 7.25. The fourth-order valence-corrected chi connectivity index (χ4v) is 2.02. The van der Waals surface area contributed by atoms with Gasteiger partial charge < -0.3 is 15.4 Å². The zero-order chi connectivity index (χ0) is 15.0. The highest BCUT2D eigenvalue weighted by atomic mass is 16.5. The quantitative estimate of drug-likeness (QED) is 0.687. The van der Waals surface area contributed by atoms with E-state index in [0.717, 1.165) is 18.7 Å². The van der Waals surface area contributed by atoms with Crippen LogP contribution in [0.5, 0.6) is 0 Å². The molecule has 114 valence electrons. The highest BCUT2D eigenvalue weighted by Crippen LogP contribution is 2.11. The van der Waals surface area contributed by atoms with Crippen molar-refractivity contribution in [3.63, 3.8) is 0 Å². The Morgan fingerprint density at radius 2 is 2.25 bits per heavy atom. The maximum absolute atomic E-state index is 12.5. The number of aromatic nitrogens is 2. The van der Waals surface area contributed by atoms with E-state index in [2.05, 4.69) is 5.10 Å². The third-order valence-corrected chi connectivity index (χ3v) is 3.29. The van der Waals surface area contributed by atoms with Crippen molar-refractivity contribution < 1.29 is 9.53 Å². The van der Waals surface area contributed by atoms with Crippen molar-refractivity contribution in [1.82, 2.24) is 14.7 Å². The van der Waals surface area contributed by atoms with Crippen LogP contribution in [0.3, 0.4) is 0 Å². The molecule has 0 aliphatic heterocycles. The molecule has 0 atom stereocenters. The Morgan fingerprint density at radius 1 is 1.50 bits per heavy atom. The molecule has 0 aromatic carbocycles. The molecule has 1 aromatic heterocycles. The van der Waals surface area contributed by atoms with E-state index < -0.39 is 0 Å². The van der Waals surface area contributed by atoms with E-state index in [-0.39, 0.29) is 5.91 Å². The van der Waals surface area contributed by atoms with Crippen molar-refractivity contribution in [2.45, 2.75) is 33.7 Å². The SMILES string of the molecule is CCOCCN(CC)C(=O)c1cnn(CCCN)c1C. The second kappa shape index (κ2) is 8.71. The molecule has 0 saturated carbocycles. The van der Waals surface area contributed by atoms with Gasteiger partial charge in [0, 0.05) is 31.9 Å². The number of rotatable bonds is 9. The van der Waals surface area contributed by atoms with Crippen LogP contribution in [0.15, 0.2) is 6.20 Å². The standard InChI is InChI=1S/C14H26N4O2/c1-4-17(9-10-20-5-2)14(19)13-11-16-18(12(13)3)8-6-7-15/h11H,4-10,15H2,1-3H3. The lowest BCUT2D eigenvalue weighted by Crippen LogP contribution is -2.34. The summed E-state index contributed by atoms with van der Waals surface area (Å²) in [4.78, 5) is 14.3. The lowest BCUT2D eigenvalue weighted by molar-refractivity contribution is 0.0668. The number of hydrogen-bond donors (Lipinski definition) is 1. The van der Waals surface area contributed by atoms with Gasteiger partial charge in [0.05, 0.1) is 18.4 Å². The molecule has 0 radical (unpaired) electrons. The molecule has 6 nitrogen and oxygen atoms in total. The number of carbonyl (C=O) groups is 1. The van der Waals surface area contributed by atoms with Crippen LogP contribution in [0, 0.1) is 6.92 Å². The summed E-state index contributed by atoms with van der Waals surface area (Å²) < 4.78 is 7.16. The number of hydrogen-bond acceptors (Lipinski definition) is 4. The number of ether oxygens (including phenoxy) is 1. The second-order valence-electron chi connectivity index (χ2n) is 4.59. The zero-order valence-corrected chi connectivity index (χ0v) is 12.8. The van der Waals surface area contributed by atoms with Gasteiger partial charge >= 0.3 is 0 Å². The minimum atomic E-state index is 0.0173. The highest BCUT2D eigenvalue weighted by Gasteiger charge is 2.19. The molecule has 0 saturated heterocycles. The van der Waals surface area contributed by atoms with E-state index in [9.17, 15) is 4.79 Å². The van der Waals surface area contributed by atoms with E-state index in [1.807, 2.05) is 25.5 Å². The van der Waals surface area contributed by atoms with E-state index >= 15 is 0 Å². The van der Waals surface area contributed by atoms with Gasteiger partial charge in [-0.15, -0.1) is 0 Å². The number of carbonyl (C=O) groups excluding carboxylic acids is 1. The first-order valence-corrected chi connectivity index (χ1v) is 7.25. The fraction of sp³-hybridized carbons (Fsp3) is 0.714. The summed E-state index contributed by atoms with van der Waals surface area (Å²) in [6.45, 7) is 9.72. The van der Waals surface area contributed by atoms with E-state index in [1.54, 1.807) is 11.1 Å². The Hall–Kier alpha value is -1.40. The Bertz CT molecular complexity index is 417. The molecule has 6 heteroatoms. The number of nitrogens with two attached hydrogens (primary N) is 1. The van der Waals surface area contributed by atoms with Crippen LogP contribution in [0.25, 0.3) is 0 Å². The molecule has 0 bridgehead atoms. The predicted octanol–water partition coefficient (Wildman–Crippen LogP) is 1.04. The normalized spacial score (nSPS) is 10.8. The lowest BCUT2D eigenvalue weighted by atomic mass is 10.2. The number of likely N-dealkylation sites (N-methyl/N-ethyl adjacent to an activating group) is 1. The molecule has 1 rings (SSSR count). The summed E-state index contributed by atoms with van der Waals surface area (Å²) in [5, 5.41) is 4.27. The van der Waals surface area contributed by atoms with Gasteiger partial charge in [0.15, 0.2) is 0 Å². The Labute approximate surface area is 120 Å². The molecule has 0 fully saturated rings. The first kappa shape index (κ1) is 16.7. The first-order chi connectivity index (χ1) is 9.65. The molecule has 0 aliphatic rings. The molecule has 1 heterocycles. The van der Waals surface area contributed by atoms with Gasteiger partial charge in [0.2, 0.25) is 0 Å². The van der Waals surface area contributed by atoms with Crippen LogP contribution in [0.1, 0.15) is 36.3 Å². The summed E-state index contributed by atoms with van der Waals surface area (Å²) in [6, 6.07) is 0. The minimum Gasteiger partial charge on any atom is -0.380 e. The van der Waals surface area contributed by atoms with Gasteiger partial charge in [-0.25, -0.2) is 0 Å². The maximum atomic E-state index is 12.5. The lowest BCUT2D eigenvalue weighted by Gasteiger charge is -2.20. The number of nitrogens with zero attached hydrogens (tertiary/aromatic N) is 3. The van der Waals surface area contributed by atoms with Gasteiger partial charge in [-0.1, -0.05) is 0 Å². The third kappa shape index (κ3) is 4.31. The van der Waals surface area contributed by atoms with E-state index in [1.165, 1.54) is 0 Å². The number of amides is 1. The smallest absolute Gasteiger partial charge is 0.257 e. The molecular formula is C14H26N4O2. The molecule has 2 N–H and O–H groups in total. The predicted molar refractivity (Wildman–Crippen MR) is 78.7 cm³/mol. The van der Waals surface area contributed by atoms with Gasteiger partial charge in [-0.05, 0) is 33.7 Å². The van der Waals surface area contributed by atoms with Crippen molar-refractivity contribution >= 4 is 5.91 Å². The molecule has 1 aromatic rings. The van der Waals surface area contributed by atoms with Gasteiger partial charge in [-0.3, -0.25) is 9.48 Å². The summed E-state index contributed by atoms with van der Waals surface area (Å²) in [6.07, 6.45) is 2.51. The summed E-state index contributed by atoms with van der Waals surface area (Å²) >= 11 is 0. The van der Waals surface area contributed by atoms with Crippen LogP contribution in [-0.4, -0.2) is 53.4 Å². The van der Waals surface area contributed by atoms with Gasteiger partial charge in [-0.2, -0.15) is 5.10 Å². The molecule has 0 unspecified atom stereocenters. The third-order valence-electron chi connectivity index (χ3n) is 3.29. The Balaban J connectivity index is 2.71. The van der Waals surface area contributed by atoms with Crippen LogP contribution in [0.2, 0.25) is 0 Å². The van der Waals surface area contributed by atoms with Crippen molar-refractivity contribution in [2.24, 2.45) is 5.73 Å². The average molecular weight is 282 g/mol. The molecule has 1 amide bonds. The fourth-order valence-electron chi connectivity index (χ4n) is 2.02. The summed E-state index contributed by atoms with van der Waals surface area (Å²) in [5.74, 6) is 0.0173. The summed E-state index contributed by atoms with van der Waals surface area (Å²) in [5.41, 5.74) is 7.07. The largest absolute Gasteiger partial charge is 0.380 e. The Kier molecular flexibility index (Phi) is 7.25. The molecular weight excluding hydrogens is 256 g/mol. The van der Waals surface area contributed by atoms with E-state index in [4.69, 9.17) is 10.5 Å². The number of aryl methyl sites for hydroxylation is 1.